The van der Waals surface area contributed by atoms with Gasteiger partial charge in [-0.15, -0.1) is 6.58 Å². The van der Waals surface area contributed by atoms with Crippen molar-refractivity contribution < 1.29 is 4.79 Å². The van der Waals surface area contributed by atoms with Gasteiger partial charge in [-0.3, -0.25) is 4.79 Å². The lowest BCUT2D eigenvalue weighted by atomic mass is 10.1. The van der Waals surface area contributed by atoms with Crippen LogP contribution in [-0.4, -0.2) is 17.0 Å². The van der Waals surface area contributed by atoms with E-state index in [9.17, 15) is 4.79 Å². The molecule has 0 fully saturated rings. The van der Waals surface area contributed by atoms with E-state index in [4.69, 9.17) is 5.26 Å². The highest BCUT2D eigenvalue weighted by molar-refractivity contribution is 6.01. The Hall–Kier alpha value is -2.28. The fourth-order valence-electron chi connectivity index (χ4n) is 2.11. The third kappa shape index (κ3) is 3.61. The molecule has 0 saturated heterocycles. The van der Waals surface area contributed by atoms with Crippen molar-refractivity contribution in [2.45, 2.75) is 33.7 Å². The molecule has 4 nitrogen and oxygen atoms in total. The maximum Gasteiger partial charge on any atom is 0.262 e. The van der Waals surface area contributed by atoms with Gasteiger partial charge < -0.3 is 9.88 Å². The van der Waals surface area contributed by atoms with Crippen LogP contribution < -0.4 is 5.32 Å². The fourth-order valence-corrected chi connectivity index (χ4v) is 2.11. The molecule has 1 aromatic heterocycles. The van der Waals surface area contributed by atoms with Crippen LogP contribution in [0.15, 0.2) is 24.3 Å². The molecule has 1 rings (SSSR count). The summed E-state index contributed by atoms with van der Waals surface area (Å²) in [6, 6.07) is 3.96. The van der Waals surface area contributed by atoms with Gasteiger partial charge in [0.15, 0.2) is 0 Å². The lowest BCUT2D eigenvalue weighted by Gasteiger charge is -2.07. The minimum absolute atomic E-state index is 0.114. The highest BCUT2D eigenvalue weighted by atomic mass is 16.1. The third-order valence-electron chi connectivity index (χ3n) is 3.13. The average molecular weight is 271 g/mol. The van der Waals surface area contributed by atoms with Gasteiger partial charge in [0.1, 0.15) is 11.6 Å². The van der Waals surface area contributed by atoms with Gasteiger partial charge in [0.25, 0.3) is 5.91 Å². The minimum Gasteiger partial charge on any atom is -0.349 e. The Balaban J connectivity index is 3.08. The van der Waals surface area contributed by atoms with Crippen LogP contribution in [0.25, 0.3) is 6.08 Å². The molecule has 106 valence electrons. The second-order valence-electron chi connectivity index (χ2n) is 4.65. The van der Waals surface area contributed by atoms with Crippen LogP contribution in [0.1, 0.15) is 30.3 Å². The minimum atomic E-state index is -0.368. The van der Waals surface area contributed by atoms with Gasteiger partial charge in [-0.05, 0) is 38.0 Å². The lowest BCUT2D eigenvalue weighted by Crippen LogP contribution is -2.24. The number of aryl methyl sites for hydroxylation is 1. The molecule has 0 radical (unpaired) electrons. The van der Waals surface area contributed by atoms with Gasteiger partial charge in [0, 0.05) is 24.5 Å². The Bertz CT molecular complexity index is 573. The van der Waals surface area contributed by atoms with Crippen LogP contribution in [0.4, 0.5) is 0 Å². The Kier molecular flexibility index (Phi) is 5.79. The summed E-state index contributed by atoms with van der Waals surface area (Å²) in [6.07, 6.45) is 4.28. The Morgan fingerprint density at radius 1 is 1.55 bits per heavy atom. The van der Waals surface area contributed by atoms with Gasteiger partial charge in [-0.2, -0.15) is 5.26 Å². The molecule has 0 bridgehead atoms. The Labute approximate surface area is 120 Å². The van der Waals surface area contributed by atoms with Crippen LogP contribution in [0.3, 0.4) is 0 Å². The molecule has 0 spiro atoms. The molecule has 0 atom stereocenters. The number of nitrogens with one attached hydrogen (secondary N) is 1. The summed E-state index contributed by atoms with van der Waals surface area (Å²) in [5.74, 6) is -0.368. The third-order valence-corrected chi connectivity index (χ3v) is 3.13. The normalized spacial score (nSPS) is 11.0. The van der Waals surface area contributed by atoms with Crippen molar-refractivity contribution in [2.24, 2.45) is 0 Å². The van der Waals surface area contributed by atoms with E-state index >= 15 is 0 Å². The van der Waals surface area contributed by atoms with Crippen LogP contribution in [-0.2, 0) is 11.3 Å². The zero-order chi connectivity index (χ0) is 15.1. The van der Waals surface area contributed by atoms with Crippen LogP contribution in [0.5, 0.6) is 0 Å². The first-order chi connectivity index (χ1) is 9.54. The molecule has 1 aromatic rings. The van der Waals surface area contributed by atoms with Crippen LogP contribution >= 0.6 is 0 Å². The topological polar surface area (TPSA) is 57.8 Å². The van der Waals surface area contributed by atoms with E-state index < -0.39 is 0 Å². The molecule has 0 unspecified atom stereocenters. The van der Waals surface area contributed by atoms with E-state index in [-0.39, 0.29) is 11.5 Å². The summed E-state index contributed by atoms with van der Waals surface area (Å²) >= 11 is 0. The lowest BCUT2D eigenvalue weighted by molar-refractivity contribution is -0.116. The van der Waals surface area contributed by atoms with Crippen molar-refractivity contribution in [1.29, 1.82) is 5.26 Å². The zero-order valence-corrected chi connectivity index (χ0v) is 12.4. The van der Waals surface area contributed by atoms with Gasteiger partial charge in [-0.25, -0.2) is 0 Å². The van der Waals surface area contributed by atoms with E-state index in [1.54, 1.807) is 12.2 Å². The standard InChI is InChI=1S/C16H21N3O/c1-5-7-18-16(20)15(11-17)10-14-9-12(3)19(8-6-2)13(14)4/h5,9-10H,1,6-8H2,2-4H3,(H,18,20)/b15-10+. The molecule has 0 aliphatic rings. The highest BCUT2D eigenvalue weighted by Crippen LogP contribution is 2.18. The van der Waals surface area contributed by atoms with Gasteiger partial charge in [-0.1, -0.05) is 13.0 Å². The number of hydrogen-bond donors (Lipinski definition) is 1. The van der Waals surface area contributed by atoms with E-state index in [0.717, 1.165) is 29.9 Å². The average Bonchev–Trinajstić information content (AvgIpc) is 2.70. The number of amides is 1. The SMILES string of the molecule is C=CCNC(=O)/C(C#N)=C/c1cc(C)n(CCC)c1C. The summed E-state index contributed by atoms with van der Waals surface area (Å²) in [5, 5.41) is 11.7. The zero-order valence-electron chi connectivity index (χ0n) is 12.4. The predicted molar refractivity (Wildman–Crippen MR) is 81.0 cm³/mol. The second-order valence-corrected chi connectivity index (χ2v) is 4.65. The highest BCUT2D eigenvalue weighted by Gasteiger charge is 2.11. The van der Waals surface area contributed by atoms with Gasteiger partial charge >= 0.3 is 0 Å². The Morgan fingerprint density at radius 2 is 2.25 bits per heavy atom. The maximum absolute atomic E-state index is 11.8. The molecule has 0 aliphatic carbocycles. The Morgan fingerprint density at radius 3 is 2.80 bits per heavy atom. The summed E-state index contributed by atoms with van der Waals surface area (Å²) in [7, 11) is 0. The number of rotatable bonds is 6. The fraction of sp³-hybridized carbons (Fsp3) is 0.375. The van der Waals surface area contributed by atoms with E-state index in [2.05, 4.69) is 23.4 Å². The summed E-state index contributed by atoms with van der Waals surface area (Å²) < 4.78 is 2.20. The molecule has 0 aliphatic heterocycles. The molecular formula is C16H21N3O. The van der Waals surface area contributed by atoms with E-state index in [0.29, 0.717) is 6.54 Å². The number of hydrogen-bond acceptors (Lipinski definition) is 2. The number of carbonyl (C=O) groups is 1. The summed E-state index contributed by atoms with van der Waals surface area (Å²) in [5.41, 5.74) is 3.25. The first-order valence-electron chi connectivity index (χ1n) is 6.72. The van der Waals surface area contributed by atoms with Crippen molar-refractivity contribution in [2.75, 3.05) is 6.54 Å². The number of aromatic nitrogens is 1. The van der Waals surface area contributed by atoms with Crippen LogP contribution in [0.2, 0.25) is 0 Å². The predicted octanol–water partition coefficient (Wildman–Crippen LogP) is 2.72. The van der Waals surface area contributed by atoms with E-state index in [1.807, 2.05) is 26.0 Å². The molecule has 1 heterocycles. The van der Waals surface area contributed by atoms with Crippen molar-refractivity contribution >= 4 is 12.0 Å². The van der Waals surface area contributed by atoms with Gasteiger partial charge in [0.2, 0.25) is 0 Å². The van der Waals surface area contributed by atoms with Crippen molar-refractivity contribution in [3.63, 3.8) is 0 Å². The van der Waals surface area contributed by atoms with Crippen molar-refractivity contribution in [3.8, 4) is 6.07 Å². The summed E-state index contributed by atoms with van der Waals surface area (Å²) in [6.45, 7) is 11.0. The first-order valence-corrected chi connectivity index (χ1v) is 6.72. The smallest absolute Gasteiger partial charge is 0.262 e. The molecular weight excluding hydrogens is 250 g/mol. The molecule has 0 aromatic carbocycles. The van der Waals surface area contributed by atoms with Gasteiger partial charge in [0.05, 0.1) is 0 Å². The molecule has 0 saturated carbocycles. The monoisotopic (exact) mass is 271 g/mol. The number of carbonyl (C=O) groups excluding carboxylic acids is 1. The van der Waals surface area contributed by atoms with Crippen LogP contribution in [0, 0.1) is 25.2 Å². The summed E-state index contributed by atoms with van der Waals surface area (Å²) in [4.78, 5) is 11.8. The van der Waals surface area contributed by atoms with E-state index in [1.165, 1.54) is 0 Å². The largest absolute Gasteiger partial charge is 0.349 e. The second kappa shape index (κ2) is 7.34. The molecule has 1 amide bonds. The van der Waals surface area contributed by atoms with Crippen molar-refractivity contribution in [3.05, 3.63) is 41.2 Å². The molecule has 1 N–H and O–H groups in total. The molecule has 20 heavy (non-hydrogen) atoms. The van der Waals surface area contributed by atoms with Crippen molar-refractivity contribution in [1.82, 2.24) is 9.88 Å². The molecule has 4 heteroatoms. The quantitative estimate of drug-likeness (QED) is 0.491. The first kappa shape index (κ1) is 15.8. The number of nitriles is 1. The number of nitrogens with zero attached hydrogens (tertiary/aromatic N) is 2. The maximum atomic E-state index is 11.8.